The Morgan fingerprint density at radius 2 is 1.86 bits per heavy atom. The van der Waals surface area contributed by atoms with Gasteiger partial charge in [-0.25, -0.2) is 4.68 Å². The van der Waals surface area contributed by atoms with Crippen LogP contribution in [0.25, 0.3) is 16.9 Å². The van der Waals surface area contributed by atoms with Crippen LogP contribution in [0.4, 0.5) is 0 Å². The standard InChI is InChI=1S/C17H14ClN3O/c1-11-8-9-14(18)10-15(11)21-17(13-6-4-3-5-7-13)16(12(2)22)19-20-21/h3-10H,1-2H3. The summed E-state index contributed by atoms with van der Waals surface area (Å²) in [6, 6.07) is 15.2. The van der Waals surface area contributed by atoms with Crippen LogP contribution in [0.1, 0.15) is 23.0 Å². The van der Waals surface area contributed by atoms with Crippen LogP contribution in [-0.2, 0) is 0 Å². The van der Waals surface area contributed by atoms with Crippen LogP contribution >= 0.6 is 11.6 Å². The lowest BCUT2D eigenvalue weighted by Crippen LogP contribution is -2.03. The molecule has 5 heteroatoms. The molecule has 4 nitrogen and oxygen atoms in total. The Morgan fingerprint density at radius 1 is 1.14 bits per heavy atom. The van der Waals surface area contributed by atoms with Gasteiger partial charge in [0, 0.05) is 17.5 Å². The molecule has 0 amide bonds. The van der Waals surface area contributed by atoms with Crippen molar-refractivity contribution >= 4 is 17.4 Å². The van der Waals surface area contributed by atoms with Crippen molar-refractivity contribution in [2.24, 2.45) is 0 Å². The predicted molar refractivity (Wildman–Crippen MR) is 86.5 cm³/mol. The molecular weight excluding hydrogens is 298 g/mol. The molecular formula is C17H14ClN3O. The predicted octanol–water partition coefficient (Wildman–Crippen LogP) is 4.10. The van der Waals surface area contributed by atoms with Crippen molar-refractivity contribution in [3.8, 4) is 16.9 Å². The summed E-state index contributed by atoms with van der Waals surface area (Å²) in [4.78, 5) is 11.9. The quantitative estimate of drug-likeness (QED) is 0.684. The average Bonchev–Trinajstić information content (AvgIpc) is 2.95. The lowest BCUT2D eigenvalue weighted by molar-refractivity contribution is 0.101. The van der Waals surface area contributed by atoms with Gasteiger partial charge in [0.15, 0.2) is 11.5 Å². The number of halogens is 1. The number of benzene rings is 2. The zero-order chi connectivity index (χ0) is 15.7. The van der Waals surface area contributed by atoms with E-state index in [9.17, 15) is 4.79 Å². The molecule has 0 saturated carbocycles. The van der Waals surface area contributed by atoms with Crippen molar-refractivity contribution in [3.63, 3.8) is 0 Å². The first kappa shape index (κ1) is 14.5. The van der Waals surface area contributed by atoms with E-state index in [1.165, 1.54) is 6.92 Å². The minimum absolute atomic E-state index is 0.121. The van der Waals surface area contributed by atoms with Crippen molar-refractivity contribution in [2.75, 3.05) is 0 Å². The fourth-order valence-electron chi connectivity index (χ4n) is 2.35. The van der Waals surface area contributed by atoms with Gasteiger partial charge in [0.2, 0.25) is 0 Å². The number of carbonyl (C=O) groups is 1. The van der Waals surface area contributed by atoms with Gasteiger partial charge in [0.25, 0.3) is 0 Å². The second kappa shape index (κ2) is 5.73. The molecule has 2 aromatic carbocycles. The third kappa shape index (κ3) is 2.53. The van der Waals surface area contributed by atoms with Crippen molar-refractivity contribution < 1.29 is 4.79 Å². The van der Waals surface area contributed by atoms with E-state index in [1.54, 1.807) is 4.68 Å². The maximum absolute atomic E-state index is 11.9. The number of Topliss-reactive ketones (excluding diaryl/α,β-unsaturated/α-hetero) is 1. The first-order chi connectivity index (χ1) is 10.6. The summed E-state index contributed by atoms with van der Waals surface area (Å²) in [6.45, 7) is 3.46. The van der Waals surface area contributed by atoms with Gasteiger partial charge in [0.05, 0.1) is 5.69 Å². The van der Waals surface area contributed by atoms with Gasteiger partial charge in [-0.05, 0) is 24.6 Å². The zero-order valence-electron chi connectivity index (χ0n) is 12.2. The molecule has 0 aliphatic carbocycles. The van der Waals surface area contributed by atoms with E-state index in [1.807, 2.05) is 55.5 Å². The van der Waals surface area contributed by atoms with E-state index in [0.29, 0.717) is 16.4 Å². The van der Waals surface area contributed by atoms with Crippen LogP contribution in [0.15, 0.2) is 48.5 Å². The summed E-state index contributed by atoms with van der Waals surface area (Å²) in [6.07, 6.45) is 0. The van der Waals surface area contributed by atoms with E-state index < -0.39 is 0 Å². The monoisotopic (exact) mass is 311 g/mol. The summed E-state index contributed by atoms with van der Waals surface area (Å²) < 4.78 is 1.67. The van der Waals surface area contributed by atoms with Gasteiger partial charge >= 0.3 is 0 Å². The Morgan fingerprint density at radius 3 is 2.55 bits per heavy atom. The Labute approximate surface area is 133 Å². The summed E-state index contributed by atoms with van der Waals surface area (Å²) in [5.74, 6) is -0.121. The molecule has 1 heterocycles. The molecule has 0 bridgehead atoms. The Bertz CT molecular complexity index is 840. The Balaban J connectivity index is 2.30. The second-order valence-electron chi connectivity index (χ2n) is 5.05. The second-order valence-corrected chi connectivity index (χ2v) is 5.49. The van der Waals surface area contributed by atoms with Gasteiger partial charge in [-0.15, -0.1) is 5.10 Å². The van der Waals surface area contributed by atoms with E-state index in [4.69, 9.17) is 11.6 Å². The summed E-state index contributed by atoms with van der Waals surface area (Å²) in [5, 5.41) is 8.84. The lowest BCUT2D eigenvalue weighted by Gasteiger charge is -2.10. The highest BCUT2D eigenvalue weighted by Crippen LogP contribution is 2.28. The number of hydrogen-bond acceptors (Lipinski definition) is 3. The van der Waals surface area contributed by atoms with Crippen LogP contribution < -0.4 is 0 Å². The van der Waals surface area contributed by atoms with Gasteiger partial charge < -0.3 is 0 Å². The number of hydrogen-bond donors (Lipinski definition) is 0. The number of rotatable bonds is 3. The van der Waals surface area contributed by atoms with E-state index >= 15 is 0 Å². The molecule has 0 spiro atoms. The maximum Gasteiger partial charge on any atom is 0.182 e. The minimum Gasteiger partial charge on any atom is -0.293 e. The van der Waals surface area contributed by atoms with Crippen LogP contribution in [0.2, 0.25) is 5.02 Å². The zero-order valence-corrected chi connectivity index (χ0v) is 13.0. The molecule has 3 aromatic rings. The summed E-state index contributed by atoms with van der Waals surface area (Å²) in [7, 11) is 0. The molecule has 0 unspecified atom stereocenters. The summed E-state index contributed by atoms with van der Waals surface area (Å²) in [5.41, 5.74) is 3.73. The molecule has 0 saturated heterocycles. The molecule has 0 aliphatic heterocycles. The highest BCUT2D eigenvalue weighted by atomic mass is 35.5. The molecule has 0 aliphatic rings. The SMILES string of the molecule is CC(=O)c1nnn(-c2cc(Cl)ccc2C)c1-c1ccccc1. The molecule has 0 N–H and O–H groups in total. The number of nitrogens with zero attached hydrogens (tertiary/aromatic N) is 3. The molecule has 22 heavy (non-hydrogen) atoms. The van der Waals surface area contributed by atoms with Gasteiger partial charge in [-0.1, -0.05) is 53.2 Å². The first-order valence-corrected chi connectivity index (χ1v) is 7.24. The molecule has 0 atom stereocenters. The average molecular weight is 312 g/mol. The first-order valence-electron chi connectivity index (χ1n) is 6.86. The molecule has 110 valence electrons. The van der Waals surface area contributed by atoms with Crippen molar-refractivity contribution in [3.05, 3.63) is 64.8 Å². The number of carbonyl (C=O) groups excluding carboxylic acids is 1. The van der Waals surface area contributed by atoms with Gasteiger partial charge in [-0.2, -0.15) is 0 Å². The minimum atomic E-state index is -0.121. The summed E-state index contributed by atoms with van der Waals surface area (Å²) >= 11 is 6.11. The van der Waals surface area contributed by atoms with E-state index in [0.717, 1.165) is 16.8 Å². The number of ketones is 1. The number of aromatic nitrogens is 3. The van der Waals surface area contributed by atoms with Gasteiger partial charge in [-0.3, -0.25) is 4.79 Å². The fourth-order valence-corrected chi connectivity index (χ4v) is 2.52. The Kier molecular flexibility index (Phi) is 3.77. The third-order valence-electron chi connectivity index (χ3n) is 3.45. The van der Waals surface area contributed by atoms with E-state index in [2.05, 4.69) is 10.3 Å². The number of aryl methyl sites for hydroxylation is 1. The molecule has 3 rings (SSSR count). The highest BCUT2D eigenvalue weighted by Gasteiger charge is 2.20. The van der Waals surface area contributed by atoms with Crippen LogP contribution in [-0.4, -0.2) is 20.8 Å². The highest BCUT2D eigenvalue weighted by molar-refractivity contribution is 6.30. The van der Waals surface area contributed by atoms with Crippen molar-refractivity contribution in [1.29, 1.82) is 0 Å². The maximum atomic E-state index is 11.9. The molecule has 0 radical (unpaired) electrons. The van der Waals surface area contributed by atoms with Crippen LogP contribution in [0.3, 0.4) is 0 Å². The van der Waals surface area contributed by atoms with Gasteiger partial charge in [0.1, 0.15) is 5.69 Å². The lowest BCUT2D eigenvalue weighted by atomic mass is 10.1. The smallest absolute Gasteiger partial charge is 0.182 e. The van der Waals surface area contributed by atoms with Crippen LogP contribution in [0.5, 0.6) is 0 Å². The third-order valence-corrected chi connectivity index (χ3v) is 3.69. The van der Waals surface area contributed by atoms with Crippen molar-refractivity contribution in [1.82, 2.24) is 15.0 Å². The largest absolute Gasteiger partial charge is 0.293 e. The molecule has 1 aromatic heterocycles. The topological polar surface area (TPSA) is 47.8 Å². The van der Waals surface area contributed by atoms with Crippen molar-refractivity contribution in [2.45, 2.75) is 13.8 Å². The van der Waals surface area contributed by atoms with Crippen LogP contribution in [0, 0.1) is 6.92 Å². The normalized spacial score (nSPS) is 10.7. The Hall–Kier alpha value is -2.46. The fraction of sp³-hybridized carbons (Fsp3) is 0.118. The van der Waals surface area contributed by atoms with E-state index in [-0.39, 0.29) is 5.78 Å². The molecule has 0 fully saturated rings.